The van der Waals surface area contributed by atoms with Gasteiger partial charge >= 0.3 is 0 Å². The number of benzene rings is 1. The first-order valence-electron chi connectivity index (χ1n) is 9.32. The minimum Gasteiger partial charge on any atom is -0.493 e. The molecule has 0 aliphatic carbocycles. The summed E-state index contributed by atoms with van der Waals surface area (Å²) in [4.78, 5) is 14.6. The number of aryl methyl sites for hydroxylation is 1. The first-order valence-corrected chi connectivity index (χ1v) is 11.2. The van der Waals surface area contributed by atoms with Crippen molar-refractivity contribution in [3.63, 3.8) is 0 Å². The lowest BCUT2D eigenvalue weighted by Gasteiger charge is -2.36. The third-order valence-corrected chi connectivity index (χ3v) is 5.61. The lowest BCUT2D eigenvalue weighted by molar-refractivity contribution is -0.134. The molecular weight excluding hydrogens is 384 g/mol. The summed E-state index contributed by atoms with van der Waals surface area (Å²) in [6.07, 6.45) is 4.65. The van der Waals surface area contributed by atoms with Crippen molar-refractivity contribution < 1.29 is 27.4 Å². The second-order valence-electron chi connectivity index (χ2n) is 6.85. The topological polar surface area (TPSA) is 94.2 Å². The van der Waals surface area contributed by atoms with Gasteiger partial charge in [0.05, 0.1) is 27.6 Å². The molecule has 0 aromatic heterocycles. The largest absolute Gasteiger partial charge is 0.493 e. The van der Waals surface area contributed by atoms with Gasteiger partial charge in [0.25, 0.3) is 0 Å². The maximum atomic E-state index is 12.8. The summed E-state index contributed by atoms with van der Waals surface area (Å²) in [6, 6.07) is 3.55. The molecule has 0 bridgehead atoms. The van der Waals surface area contributed by atoms with E-state index in [9.17, 15) is 13.2 Å². The fourth-order valence-corrected chi connectivity index (χ4v) is 4.03. The fourth-order valence-electron chi connectivity index (χ4n) is 3.53. The van der Waals surface area contributed by atoms with Crippen LogP contribution in [0.5, 0.6) is 17.2 Å². The lowest BCUT2D eigenvalue weighted by Crippen LogP contribution is -2.49. The van der Waals surface area contributed by atoms with Crippen LogP contribution < -0.4 is 18.9 Å². The number of amides is 1. The Hall–Kier alpha value is -2.00. The summed E-state index contributed by atoms with van der Waals surface area (Å²) >= 11 is 0. The first-order chi connectivity index (χ1) is 13.3. The molecule has 1 saturated heterocycles. The van der Waals surface area contributed by atoms with Crippen LogP contribution in [0.1, 0.15) is 31.2 Å². The predicted molar refractivity (Wildman–Crippen MR) is 107 cm³/mol. The van der Waals surface area contributed by atoms with E-state index in [-0.39, 0.29) is 18.5 Å². The summed E-state index contributed by atoms with van der Waals surface area (Å²) in [5.74, 6) is 1.64. The van der Waals surface area contributed by atoms with Crippen molar-refractivity contribution in [2.24, 2.45) is 0 Å². The van der Waals surface area contributed by atoms with Crippen molar-refractivity contribution in [1.29, 1.82) is 0 Å². The molecule has 1 atom stereocenters. The van der Waals surface area contributed by atoms with Crippen molar-refractivity contribution in [2.45, 2.75) is 38.1 Å². The third kappa shape index (κ3) is 5.75. The summed E-state index contributed by atoms with van der Waals surface area (Å²) in [5, 5.41) is 0. The van der Waals surface area contributed by atoms with Gasteiger partial charge < -0.3 is 19.1 Å². The van der Waals surface area contributed by atoms with Gasteiger partial charge in [0.2, 0.25) is 21.7 Å². The Labute approximate surface area is 167 Å². The minimum absolute atomic E-state index is 0.0110. The predicted octanol–water partition coefficient (Wildman–Crippen LogP) is 1.58. The maximum Gasteiger partial charge on any atom is 0.223 e. The van der Waals surface area contributed by atoms with E-state index in [2.05, 4.69) is 4.72 Å². The van der Waals surface area contributed by atoms with Crippen LogP contribution >= 0.6 is 0 Å². The van der Waals surface area contributed by atoms with Crippen molar-refractivity contribution in [2.75, 3.05) is 40.7 Å². The van der Waals surface area contributed by atoms with Gasteiger partial charge in [-0.05, 0) is 37.3 Å². The average Bonchev–Trinajstić information content (AvgIpc) is 2.69. The number of sulfonamides is 1. The number of ether oxygens (including phenoxy) is 3. The number of methoxy groups -OCH3 is 3. The second kappa shape index (κ2) is 9.97. The van der Waals surface area contributed by atoms with Crippen molar-refractivity contribution >= 4 is 15.9 Å². The molecule has 1 unspecified atom stereocenters. The number of likely N-dealkylation sites (tertiary alicyclic amines) is 1. The molecule has 28 heavy (non-hydrogen) atoms. The molecule has 1 aromatic carbocycles. The number of hydrogen-bond donors (Lipinski definition) is 1. The Morgan fingerprint density at radius 2 is 1.86 bits per heavy atom. The Morgan fingerprint density at radius 3 is 2.46 bits per heavy atom. The highest BCUT2D eigenvalue weighted by molar-refractivity contribution is 7.88. The van der Waals surface area contributed by atoms with Crippen molar-refractivity contribution in [3.05, 3.63) is 17.7 Å². The molecule has 1 heterocycles. The minimum atomic E-state index is -3.28. The average molecular weight is 415 g/mol. The maximum absolute atomic E-state index is 12.8. The second-order valence-corrected chi connectivity index (χ2v) is 8.68. The van der Waals surface area contributed by atoms with Gasteiger partial charge in [0.1, 0.15) is 0 Å². The van der Waals surface area contributed by atoms with Crippen LogP contribution in [0.25, 0.3) is 0 Å². The van der Waals surface area contributed by atoms with Gasteiger partial charge in [-0.3, -0.25) is 4.79 Å². The Bertz CT molecular complexity index is 781. The Kier molecular flexibility index (Phi) is 7.94. The molecular formula is C19H30N2O6S. The molecule has 158 valence electrons. The van der Waals surface area contributed by atoms with Crippen LogP contribution in [0, 0.1) is 0 Å². The van der Waals surface area contributed by atoms with E-state index in [1.165, 1.54) is 0 Å². The zero-order valence-electron chi connectivity index (χ0n) is 17.0. The van der Waals surface area contributed by atoms with Crippen LogP contribution in [0.4, 0.5) is 0 Å². The summed E-state index contributed by atoms with van der Waals surface area (Å²) in [6.45, 7) is 0.905. The van der Waals surface area contributed by atoms with E-state index < -0.39 is 10.0 Å². The van der Waals surface area contributed by atoms with Gasteiger partial charge in [-0.15, -0.1) is 0 Å². The number of rotatable bonds is 9. The molecule has 1 aromatic rings. The SMILES string of the molecule is COc1ccc(CCC(=O)N2CCCCC2CNS(C)(=O)=O)c(OC)c1OC. The Balaban J connectivity index is 2.07. The molecule has 1 N–H and O–H groups in total. The molecule has 0 spiro atoms. The fraction of sp³-hybridized carbons (Fsp3) is 0.632. The van der Waals surface area contributed by atoms with E-state index in [4.69, 9.17) is 14.2 Å². The van der Waals surface area contributed by atoms with Gasteiger partial charge in [-0.1, -0.05) is 6.07 Å². The van der Waals surface area contributed by atoms with E-state index in [0.717, 1.165) is 31.1 Å². The smallest absolute Gasteiger partial charge is 0.223 e. The molecule has 1 aliphatic rings. The number of carbonyl (C=O) groups is 1. The van der Waals surface area contributed by atoms with Crippen LogP contribution in [0.15, 0.2) is 12.1 Å². The van der Waals surface area contributed by atoms with E-state index in [1.807, 2.05) is 6.07 Å². The summed E-state index contributed by atoms with van der Waals surface area (Å²) < 4.78 is 41.5. The highest BCUT2D eigenvalue weighted by atomic mass is 32.2. The summed E-state index contributed by atoms with van der Waals surface area (Å²) in [7, 11) is 1.38. The van der Waals surface area contributed by atoms with Crippen LogP contribution in [0.3, 0.4) is 0 Å². The highest BCUT2D eigenvalue weighted by Crippen LogP contribution is 2.40. The molecule has 1 fully saturated rings. The van der Waals surface area contributed by atoms with Crippen molar-refractivity contribution in [3.8, 4) is 17.2 Å². The number of hydrogen-bond acceptors (Lipinski definition) is 6. The molecule has 2 rings (SSSR count). The zero-order chi connectivity index (χ0) is 20.7. The third-order valence-electron chi connectivity index (χ3n) is 4.92. The molecule has 8 nitrogen and oxygen atoms in total. The van der Waals surface area contributed by atoms with Crippen LogP contribution in [-0.4, -0.2) is 65.9 Å². The molecule has 9 heteroatoms. The van der Waals surface area contributed by atoms with E-state index in [1.54, 1.807) is 32.3 Å². The normalized spacial score (nSPS) is 17.3. The summed E-state index contributed by atoms with van der Waals surface area (Å²) in [5.41, 5.74) is 0.858. The lowest BCUT2D eigenvalue weighted by atomic mass is 10.0. The number of carbonyl (C=O) groups excluding carboxylic acids is 1. The molecule has 0 saturated carbocycles. The standard InChI is InChI=1S/C19H30N2O6S/c1-25-16-10-8-14(18(26-2)19(16)27-3)9-11-17(22)21-12-6-5-7-15(21)13-20-28(4,23)24/h8,10,15,20H,5-7,9,11-13H2,1-4H3. The first kappa shape index (κ1) is 22.3. The molecule has 0 radical (unpaired) electrons. The number of nitrogens with zero attached hydrogens (tertiary/aromatic N) is 1. The van der Waals surface area contributed by atoms with Gasteiger partial charge in [0, 0.05) is 25.6 Å². The van der Waals surface area contributed by atoms with Crippen LogP contribution in [-0.2, 0) is 21.2 Å². The number of piperidine rings is 1. The number of nitrogens with one attached hydrogen (secondary N) is 1. The van der Waals surface area contributed by atoms with E-state index in [0.29, 0.717) is 36.6 Å². The Morgan fingerprint density at radius 1 is 1.14 bits per heavy atom. The molecule has 1 aliphatic heterocycles. The highest BCUT2D eigenvalue weighted by Gasteiger charge is 2.27. The van der Waals surface area contributed by atoms with E-state index >= 15 is 0 Å². The monoisotopic (exact) mass is 414 g/mol. The molecule has 1 amide bonds. The van der Waals surface area contributed by atoms with Crippen molar-refractivity contribution in [1.82, 2.24) is 9.62 Å². The van der Waals surface area contributed by atoms with Crippen LogP contribution in [0.2, 0.25) is 0 Å². The van der Waals surface area contributed by atoms with Gasteiger partial charge in [-0.25, -0.2) is 13.1 Å². The quantitative estimate of drug-likeness (QED) is 0.659. The van der Waals surface area contributed by atoms with Gasteiger partial charge in [-0.2, -0.15) is 0 Å². The zero-order valence-corrected chi connectivity index (χ0v) is 17.8. The van der Waals surface area contributed by atoms with Gasteiger partial charge in [0.15, 0.2) is 11.5 Å².